The average Bonchev–Trinajstić information content (AvgIpc) is 2.26. The molecule has 2 aromatic heterocycles. The van der Waals surface area contributed by atoms with Gasteiger partial charge in [0.05, 0.1) is 0 Å². The highest BCUT2D eigenvalue weighted by Crippen LogP contribution is 2.19. The molecule has 1 aromatic carbocycles. The fraction of sp³-hybridized carbons (Fsp3) is 0. The summed E-state index contributed by atoms with van der Waals surface area (Å²) in [5.74, 6) is 0. The van der Waals surface area contributed by atoms with E-state index < -0.39 is 0 Å². The minimum atomic E-state index is 0. The van der Waals surface area contributed by atoms with Crippen LogP contribution in [0, 0.1) is 0 Å². The third-order valence-electron chi connectivity index (χ3n) is 2.55. The Morgan fingerprint density at radius 3 is 2.69 bits per heavy atom. The summed E-state index contributed by atoms with van der Waals surface area (Å²) in [6, 6.07) is 14.7. The molecule has 0 atom stereocenters. The Hall–Kier alpha value is -0.930. The molecule has 3 heteroatoms. The molecule has 0 aliphatic heterocycles. The van der Waals surface area contributed by atoms with Crippen LogP contribution in [0.5, 0.6) is 0 Å². The van der Waals surface area contributed by atoms with E-state index in [-0.39, 0.29) is 17.0 Å². The van der Waals surface area contributed by atoms with Gasteiger partial charge in [-0.1, -0.05) is 15.9 Å². The topological polar surface area (TPSA) is 4.10 Å². The maximum Gasteiger partial charge on any atom is 0.211 e. The van der Waals surface area contributed by atoms with Gasteiger partial charge in [0.1, 0.15) is 0 Å². The van der Waals surface area contributed by atoms with Crippen molar-refractivity contribution in [3.63, 3.8) is 0 Å². The molecule has 0 aliphatic carbocycles. The largest absolute Gasteiger partial charge is 1.00 e. The molecule has 0 amide bonds. The smallest absolute Gasteiger partial charge is 0.211 e. The predicted octanol–water partition coefficient (Wildman–Crippen LogP) is 0.345. The normalized spacial score (nSPS) is 10.3. The maximum absolute atomic E-state index is 3.49. The summed E-state index contributed by atoms with van der Waals surface area (Å²) in [7, 11) is 0. The first kappa shape index (κ1) is 11.6. The zero-order chi connectivity index (χ0) is 10.3. The number of aromatic nitrogens is 1. The van der Waals surface area contributed by atoms with Crippen molar-refractivity contribution in [2.24, 2.45) is 0 Å². The Morgan fingerprint density at radius 1 is 0.938 bits per heavy atom. The van der Waals surface area contributed by atoms with Crippen molar-refractivity contribution in [1.82, 2.24) is 0 Å². The second-order valence-electron chi connectivity index (χ2n) is 3.58. The van der Waals surface area contributed by atoms with Crippen molar-refractivity contribution in [2.45, 2.75) is 0 Å². The number of rotatable bonds is 0. The molecule has 0 fully saturated rings. The van der Waals surface area contributed by atoms with Gasteiger partial charge in [-0.15, -0.1) is 0 Å². The van der Waals surface area contributed by atoms with E-state index in [1.807, 2.05) is 6.07 Å². The van der Waals surface area contributed by atoms with Crippen molar-refractivity contribution >= 4 is 32.2 Å². The van der Waals surface area contributed by atoms with Crippen LogP contribution in [0.4, 0.5) is 0 Å². The minimum absolute atomic E-state index is 0. The summed E-state index contributed by atoms with van der Waals surface area (Å²) in [6.07, 6.45) is 4.22. The fourth-order valence-corrected chi connectivity index (χ4v) is 2.19. The molecule has 0 aliphatic rings. The van der Waals surface area contributed by atoms with Gasteiger partial charge in [-0.05, 0) is 29.7 Å². The molecular formula is C13H9Br2N. The average molecular weight is 339 g/mol. The summed E-state index contributed by atoms with van der Waals surface area (Å²) in [5.41, 5.74) is 1.21. The number of hydrogen-bond acceptors (Lipinski definition) is 0. The molecule has 3 rings (SSSR count). The van der Waals surface area contributed by atoms with Gasteiger partial charge in [-0.3, -0.25) is 0 Å². The molecule has 0 bridgehead atoms. The highest BCUT2D eigenvalue weighted by molar-refractivity contribution is 9.10. The first-order valence-electron chi connectivity index (χ1n) is 4.82. The molecule has 0 radical (unpaired) electrons. The summed E-state index contributed by atoms with van der Waals surface area (Å²) in [6.45, 7) is 0. The van der Waals surface area contributed by atoms with E-state index in [1.165, 1.54) is 16.3 Å². The van der Waals surface area contributed by atoms with Crippen LogP contribution in [-0.2, 0) is 0 Å². The van der Waals surface area contributed by atoms with Crippen LogP contribution >= 0.6 is 15.9 Å². The number of pyridine rings is 2. The summed E-state index contributed by atoms with van der Waals surface area (Å²) >= 11 is 3.49. The van der Waals surface area contributed by atoms with E-state index in [0.29, 0.717) is 0 Å². The molecule has 0 saturated carbocycles. The quantitative estimate of drug-likeness (QED) is 0.411. The molecule has 3 aromatic rings. The Labute approximate surface area is 113 Å². The van der Waals surface area contributed by atoms with Gasteiger partial charge in [0.2, 0.25) is 5.52 Å². The number of nitrogens with zero attached hydrogens (tertiary/aromatic N) is 1. The van der Waals surface area contributed by atoms with Gasteiger partial charge in [0.15, 0.2) is 12.4 Å². The standard InChI is InChI=1S/C13H9BrN.BrH/c14-12-5-4-10-9-15-6-2-1-3-13(15)8-11(10)7-12;/h1-9H;1H/q+1;/p-1. The molecule has 1 nitrogen and oxygen atoms in total. The van der Waals surface area contributed by atoms with E-state index in [2.05, 4.69) is 69.1 Å². The van der Waals surface area contributed by atoms with Gasteiger partial charge >= 0.3 is 0 Å². The zero-order valence-electron chi connectivity index (χ0n) is 8.40. The maximum atomic E-state index is 3.49. The van der Waals surface area contributed by atoms with Gasteiger partial charge in [-0.2, -0.15) is 4.40 Å². The zero-order valence-corrected chi connectivity index (χ0v) is 11.6. The van der Waals surface area contributed by atoms with Gasteiger partial charge in [-0.25, -0.2) is 0 Å². The van der Waals surface area contributed by atoms with Crippen molar-refractivity contribution in [3.05, 3.63) is 59.3 Å². The summed E-state index contributed by atoms with van der Waals surface area (Å²) in [5, 5.41) is 2.51. The van der Waals surface area contributed by atoms with Crippen LogP contribution in [0.25, 0.3) is 16.3 Å². The van der Waals surface area contributed by atoms with E-state index in [4.69, 9.17) is 0 Å². The van der Waals surface area contributed by atoms with Crippen LogP contribution in [0.2, 0.25) is 0 Å². The number of benzene rings is 1. The van der Waals surface area contributed by atoms with Gasteiger partial charge in [0.25, 0.3) is 0 Å². The molecule has 2 heterocycles. The van der Waals surface area contributed by atoms with Crippen LogP contribution in [-0.4, -0.2) is 0 Å². The van der Waals surface area contributed by atoms with Crippen LogP contribution in [0.3, 0.4) is 0 Å². The Morgan fingerprint density at radius 2 is 1.81 bits per heavy atom. The second-order valence-corrected chi connectivity index (χ2v) is 4.50. The van der Waals surface area contributed by atoms with E-state index in [1.54, 1.807) is 0 Å². The molecular weight excluding hydrogens is 330 g/mol. The lowest BCUT2D eigenvalue weighted by molar-refractivity contribution is -0.510. The van der Waals surface area contributed by atoms with Gasteiger partial charge < -0.3 is 17.0 Å². The first-order chi connectivity index (χ1) is 7.33. The summed E-state index contributed by atoms with van der Waals surface area (Å²) in [4.78, 5) is 0. The molecule has 0 saturated heterocycles. The molecule has 80 valence electrons. The fourth-order valence-electron chi connectivity index (χ4n) is 1.81. The highest BCUT2D eigenvalue weighted by atomic mass is 79.9. The van der Waals surface area contributed by atoms with Crippen LogP contribution in [0.1, 0.15) is 0 Å². The summed E-state index contributed by atoms with van der Waals surface area (Å²) < 4.78 is 3.26. The minimum Gasteiger partial charge on any atom is -1.00 e. The lowest BCUT2D eigenvalue weighted by Gasteiger charge is -1.97. The predicted molar refractivity (Wildman–Crippen MR) is 64.8 cm³/mol. The Kier molecular flexibility index (Phi) is 3.26. The first-order valence-corrected chi connectivity index (χ1v) is 5.61. The number of halogens is 2. The number of fused-ring (bicyclic) bond motifs is 2. The molecule has 0 unspecified atom stereocenters. The monoisotopic (exact) mass is 337 g/mol. The second kappa shape index (κ2) is 4.52. The third kappa shape index (κ3) is 1.97. The Balaban J connectivity index is 0.000000963. The SMILES string of the molecule is Brc1ccc2c[n+]3ccccc3cc2c1.[Br-]. The highest BCUT2D eigenvalue weighted by Gasteiger charge is 2.03. The molecule has 0 N–H and O–H groups in total. The molecule has 16 heavy (non-hydrogen) atoms. The Bertz CT molecular complexity index is 650. The van der Waals surface area contributed by atoms with Crippen molar-refractivity contribution in [1.29, 1.82) is 0 Å². The van der Waals surface area contributed by atoms with Crippen LogP contribution < -0.4 is 21.4 Å². The van der Waals surface area contributed by atoms with Crippen molar-refractivity contribution in [3.8, 4) is 0 Å². The van der Waals surface area contributed by atoms with Crippen molar-refractivity contribution in [2.75, 3.05) is 0 Å². The van der Waals surface area contributed by atoms with Crippen LogP contribution in [0.15, 0.2) is 59.3 Å². The lowest BCUT2D eigenvalue weighted by Crippen LogP contribution is -3.00. The lowest BCUT2D eigenvalue weighted by atomic mass is 10.1. The molecule has 0 spiro atoms. The van der Waals surface area contributed by atoms with Crippen molar-refractivity contribution < 1.29 is 21.4 Å². The van der Waals surface area contributed by atoms with Gasteiger partial charge in [0, 0.05) is 28.1 Å². The van der Waals surface area contributed by atoms with E-state index in [9.17, 15) is 0 Å². The van der Waals surface area contributed by atoms with E-state index in [0.717, 1.165) is 4.47 Å². The third-order valence-corrected chi connectivity index (χ3v) is 3.05. The number of hydrogen-bond donors (Lipinski definition) is 0. The van der Waals surface area contributed by atoms with E-state index >= 15 is 0 Å².